The Morgan fingerprint density at radius 2 is 1.88 bits per heavy atom. The first kappa shape index (κ1) is 24.3. The van der Waals surface area contributed by atoms with E-state index >= 15 is 0 Å². The van der Waals surface area contributed by atoms with Gasteiger partial charge >= 0.3 is 5.97 Å². The molecule has 0 radical (unpaired) electrons. The van der Waals surface area contributed by atoms with E-state index in [9.17, 15) is 9.59 Å². The second-order valence-corrected chi connectivity index (χ2v) is 12.9. The van der Waals surface area contributed by atoms with Crippen LogP contribution in [0.25, 0.3) is 0 Å². The summed E-state index contributed by atoms with van der Waals surface area (Å²) in [4.78, 5) is 25.4. The van der Waals surface area contributed by atoms with Crippen molar-refractivity contribution in [3.63, 3.8) is 0 Å². The number of rotatable bonds is 5. The second kappa shape index (κ2) is 9.58. The molecule has 34 heavy (non-hydrogen) atoms. The summed E-state index contributed by atoms with van der Waals surface area (Å²) in [7, 11) is 0. The highest BCUT2D eigenvalue weighted by Crippen LogP contribution is 2.63. The largest absolute Gasteiger partial charge is 0.461 e. The van der Waals surface area contributed by atoms with Crippen LogP contribution in [0.1, 0.15) is 105 Å². The molecule has 3 saturated carbocycles. The van der Waals surface area contributed by atoms with E-state index in [0.717, 1.165) is 50.9 Å². The maximum atomic E-state index is 13.3. The highest BCUT2D eigenvalue weighted by atomic mass is 16.5. The SMILES string of the molecule is CCCCC1CCC(C(=O)O[C@H]2CC=C3[C@H]4[C@H]([C@@H](C)C[C@@]32C)[C@H]2CCC(=O)C=C2C[C@H]4C)CC1. The number of ether oxygens (including phenoxy) is 1. The molecule has 0 N–H and O–H groups in total. The van der Waals surface area contributed by atoms with Crippen molar-refractivity contribution in [1.82, 2.24) is 0 Å². The van der Waals surface area contributed by atoms with E-state index in [-0.39, 0.29) is 23.4 Å². The smallest absolute Gasteiger partial charge is 0.309 e. The quantitative estimate of drug-likeness (QED) is 0.312. The van der Waals surface area contributed by atoms with Crippen molar-refractivity contribution in [3.05, 3.63) is 23.3 Å². The van der Waals surface area contributed by atoms with Crippen molar-refractivity contribution in [2.24, 2.45) is 46.8 Å². The van der Waals surface area contributed by atoms with Crippen LogP contribution in [0, 0.1) is 46.8 Å². The van der Waals surface area contributed by atoms with E-state index < -0.39 is 0 Å². The molecule has 0 bridgehead atoms. The van der Waals surface area contributed by atoms with Crippen molar-refractivity contribution < 1.29 is 14.3 Å². The summed E-state index contributed by atoms with van der Waals surface area (Å²) in [5.74, 6) is 4.26. The highest BCUT2D eigenvalue weighted by Gasteiger charge is 2.57. The van der Waals surface area contributed by atoms with Gasteiger partial charge in [0.2, 0.25) is 0 Å². The lowest BCUT2D eigenvalue weighted by atomic mass is 9.49. The first-order chi connectivity index (χ1) is 16.3. The normalized spacial score (nSPS) is 43.8. The topological polar surface area (TPSA) is 43.4 Å². The lowest BCUT2D eigenvalue weighted by Gasteiger charge is -2.56. The molecule has 0 spiro atoms. The van der Waals surface area contributed by atoms with Crippen molar-refractivity contribution in [3.8, 4) is 0 Å². The predicted octanol–water partition coefficient (Wildman–Crippen LogP) is 7.45. The van der Waals surface area contributed by atoms with Gasteiger partial charge in [0.1, 0.15) is 6.10 Å². The van der Waals surface area contributed by atoms with E-state index in [4.69, 9.17) is 4.74 Å². The minimum atomic E-state index is -0.0193. The first-order valence-corrected chi connectivity index (χ1v) is 14.5. The Labute approximate surface area is 207 Å². The van der Waals surface area contributed by atoms with Gasteiger partial charge in [0.15, 0.2) is 5.78 Å². The maximum Gasteiger partial charge on any atom is 0.309 e. The minimum absolute atomic E-state index is 0.00767. The molecule has 7 atom stereocenters. The summed E-state index contributed by atoms with van der Waals surface area (Å²) in [5.41, 5.74) is 2.99. The summed E-state index contributed by atoms with van der Waals surface area (Å²) in [6.45, 7) is 9.48. The number of allylic oxidation sites excluding steroid dienone is 2. The zero-order valence-electron chi connectivity index (χ0n) is 22.0. The zero-order valence-corrected chi connectivity index (χ0v) is 22.0. The molecule has 0 aromatic heterocycles. The molecule has 3 heteroatoms. The Balaban J connectivity index is 1.27. The molecule has 0 aliphatic heterocycles. The third-order valence-electron chi connectivity index (χ3n) is 10.7. The van der Waals surface area contributed by atoms with Crippen molar-refractivity contribution in [2.45, 2.75) is 111 Å². The van der Waals surface area contributed by atoms with Gasteiger partial charge in [-0.25, -0.2) is 0 Å². The van der Waals surface area contributed by atoms with E-state index in [2.05, 4.69) is 33.8 Å². The molecular formula is C31H46O3. The summed E-state index contributed by atoms with van der Waals surface area (Å²) >= 11 is 0. The second-order valence-electron chi connectivity index (χ2n) is 12.9. The molecule has 5 aliphatic rings. The summed E-state index contributed by atoms with van der Waals surface area (Å²) in [6.07, 6.45) is 17.6. The van der Waals surface area contributed by atoms with Crippen LogP contribution in [0.5, 0.6) is 0 Å². The maximum absolute atomic E-state index is 13.3. The molecule has 188 valence electrons. The third-order valence-corrected chi connectivity index (χ3v) is 10.7. The highest BCUT2D eigenvalue weighted by molar-refractivity contribution is 5.91. The molecule has 0 aromatic carbocycles. The van der Waals surface area contributed by atoms with Gasteiger partial charge in [-0.1, -0.05) is 64.2 Å². The van der Waals surface area contributed by atoms with Gasteiger partial charge < -0.3 is 4.74 Å². The number of carbonyl (C=O) groups is 2. The molecule has 0 unspecified atom stereocenters. The molecule has 5 aliphatic carbocycles. The van der Waals surface area contributed by atoms with E-state index in [1.807, 2.05) is 6.08 Å². The average Bonchev–Trinajstić information content (AvgIpc) is 3.12. The Hall–Kier alpha value is -1.38. The standard InChI is InChI=1S/C31H46O3/c1-5-6-7-21-8-10-22(11-9-21)30(33)34-27-15-14-26-29-19(2)16-23-17-24(32)12-13-25(23)28(29)20(3)18-31(26,27)4/h14,17,19-22,25,27-29H,5-13,15-16,18H2,1-4H3/t19-,20+,21?,22?,25+,27+,28-,29+,31+/m1/s1. The van der Waals surface area contributed by atoms with Gasteiger partial charge in [-0.3, -0.25) is 9.59 Å². The van der Waals surface area contributed by atoms with Crippen molar-refractivity contribution in [1.29, 1.82) is 0 Å². The minimum Gasteiger partial charge on any atom is -0.461 e. The fourth-order valence-corrected chi connectivity index (χ4v) is 8.99. The lowest BCUT2D eigenvalue weighted by molar-refractivity contribution is -0.162. The third kappa shape index (κ3) is 4.24. The van der Waals surface area contributed by atoms with Gasteiger partial charge in [0.25, 0.3) is 0 Å². The van der Waals surface area contributed by atoms with Crippen molar-refractivity contribution in [2.75, 3.05) is 0 Å². The number of hydrogen-bond donors (Lipinski definition) is 0. The summed E-state index contributed by atoms with van der Waals surface area (Å²) in [6, 6.07) is 0. The molecule has 0 heterocycles. The number of hydrogen-bond acceptors (Lipinski definition) is 3. The Morgan fingerprint density at radius 3 is 2.62 bits per heavy atom. The van der Waals surface area contributed by atoms with Gasteiger partial charge in [-0.05, 0) is 86.5 Å². The van der Waals surface area contributed by atoms with Crippen LogP contribution in [0.2, 0.25) is 0 Å². The number of esters is 1. The van der Waals surface area contributed by atoms with Gasteiger partial charge in [-0.2, -0.15) is 0 Å². The van der Waals surface area contributed by atoms with Crippen LogP contribution in [0.4, 0.5) is 0 Å². The Kier molecular flexibility index (Phi) is 6.85. The summed E-state index contributed by atoms with van der Waals surface area (Å²) < 4.78 is 6.38. The fourth-order valence-electron chi connectivity index (χ4n) is 8.99. The van der Waals surface area contributed by atoms with Crippen LogP contribution in [-0.2, 0) is 14.3 Å². The molecule has 0 saturated heterocycles. The Bertz CT molecular complexity index is 860. The van der Waals surface area contributed by atoms with Crippen LogP contribution in [0.15, 0.2) is 23.3 Å². The first-order valence-electron chi connectivity index (χ1n) is 14.5. The van der Waals surface area contributed by atoms with Gasteiger partial charge in [0, 0.05) is 18.3 Å². The Morgan fingerprint density at radius 1 is 1.12 bits per heavy atom. The van der Waals surface area contributed by atoms with E-state index in [0.29, 0.717) is 35.4 Å². The predicted molar refractivity (Wildman–Crippen MR) is 136 cm³/mol. The van der Waals surface area contributed by atoms with Crippen LogP contribution in [-0.4, -0.2) is 17.9 Å². The molecule has 5 rings (SSSR count). The van der Waals surface area contributed by atoms with Crippen LogP contribution >= 0.6 is 0 Å². The molecular weight excluding hydrogens is 420 g/mol. The molecule has 3 nitrogen and oxygen atoms in total. The van der Waals surface area contributed by atoms with Crippen molar-refractivity contribution >= 4 is 11.8 Å². The number of ketones is 1. The van der Waals surface area contributed by atoms with E-state index in [1.165, 1.54) is 37.7 Å². The van der Waals surface area contributed by atoms with E-state index in [1.54, 1.807) is 5.57 Å². The van der Waals surface area contributed by atoms with Crippen LogP contribution < -0.4 is 0 Å². The van der Waals surface area contributed by atoms with Gasteiger partial charge in [0.05, 0.1) is 5.92 Å². The zero-order chi connectivity index (χ0) is 24.0. The number of carbonyl (C=O) groups excluding carboxylic acids is 2. The molecule has 0 amide bonds. The fraction of sp³-hybridized carbons (Fsp3) is 0.806. The van der Waals surface area contributed by atoms with Crippen LogP contribution in [0.3, 0.4) is 0 Å². The molecule has 0 aromatic rings. The lowest BCUT2D eigenvalue weighted by Crippen LogP contribution is -2.51. The molecule has 3 fully saturated rings. The number of unbranched alkanes of at least 4 members (excludes halogenated alkanes) is 1. The number of fused-ring (bicyclic) bond motifs is 5. The van der Waals surface area contributed by atoms with Gasteiger partial charge in [-0.15, -0.1) is 0 Å². The monoisotopic (exact) mass is 466 g/mol. The summed E-state index contributed by atoms with van der Waals surface area (Å²) in [5, 5.41) is 0. The average molecular weight is 467 g/mol.